The number of carbonyl (C=O) groups is 2. The number of benzene rings is 3. The van der Waals surface area contributed by atoms with Crippen molar-refractivity contribution in [2.75, 3.05) is 17.1 Å². The van der Waals surface area contributed by atoms with Gasteiger partial charge in [-0.2, -0.15) is 0 Å². The second-order valence-electron chi connectivity index (χ2n) is 10.7. The third kappa shape index (κ3) is 8.71. The van der Waals surface area contributed by atoms with Crippen LogP contribution in [0.5, 0.6) is 0 Å². The SMILES string of the molecule is Cc1c(Cl)cccc1N(CC(=O)N(Cc1ccc(Cl)cc1)[C@H](Cc1ccccc1)C(=O)NC(C)(C)C)S(C)(=O)=O. The summed E-state index contributed by atoms with van der Waals surface area (Å²) in [6.45, 7) is 6.84. The van der Waals surface area contributed by atoms with Crippen LogP contribution >= 0.6 is 23.2 Å². The van der Waals surface area contributed by atoms with Crippen LogP contribution < -0.4 is 9.62 Å². The van der Waals surface area contributed by atoms with E-state index in [1.165, 1.54) is 4.90 Å². The molecule has 10 heteroatoms. The van der Waals surface area contributed by atoms with Gasteiger partial charge >= 0.3 is 0 Å². The van der Waals surface area contributed by atoms with Crippen LogP contribution in [-0.2, 0) is 32.6 Å². The normalized spacial score (nSPS) is 12.5. The fourth-order valence-corrected chi connectivity index (χ4v) is 5.45. The molecule has 0 aromatic heterocycles. The molecule has 1 N–H and O–H groups in total. The molecule has 0 spiro atoms. The highest BCUT2D eigenvalue weighted by molar-refractivity contribution is 7.92. The molecule has 0 saturated heterocycles. The molecule has 3 aromatic rings. The van der Waals surface area contributed by atoms with E-state index in [9.17, 15) is 18.0 Å². The van der Waals surface area contributed by atoms with E-state index in [0.717, 1.165) is 21.7 Å². The van der Waals surface area contributed by atoms with Crippen molar-refractivity contribution in [1.82, 2.24) is 10.2 Å². The van der Waals surface area contributed by atoms with Crippen LogP contribution in [0.25, 0.3) is 0 Å². The van der Waals surface area contributed by atoms with Crippen LogP contribution in [0.2, 0.25) is 10.0 Å². The molecule has 0 radical (unpaired) electrons. The summed E-state index contributed by atoms with van der Waals surface area (Å²) in [4.78, 5) is 29.3. The van der Waals surface area contributed by atoms with Crippen molar-refractivity contribution in [1.29, 1.82) is 0 Å². The quantitative estimate of drug-likeness (QED) is 0.326. The Bertz CT molecular complexity index is 1440. The first kappa shape index (κ1) is 31.5. The summed E-state index contributed by atoms with van der Waals surface area (Å²) in [5, 5.41) is 3.91. The van der Waals surface area contributed by atoms with Gasteiger partial charge in [-0.25, -0.2) is 8.42 Å². The molecule has 214 valence electrons. The highest BCUT2D eigenvalue weighted by atomic mass is 35.5. The van der Waals surface area contributed by atoms with E-state index in [0.29, 0.717) is 21.3 Å². The average Bonchev–Trinajstić information content (AvgIpc) is 2.86. The lowest BCUT2D eigenvalue weighted by Crippen LogP contribution is -2.56. The minimum absolute atomic E-state index is 0.0667. The van der Waals surface area contributed by atoms with Crippen molar-refractivity contribution in [2.24, 2.45) is 0 Å². The molecule has 0 unspecified atom stereocenters. The van der Waals surface area contributed by atoms with Gasteiger partial charge in [-0.3, -0.25) is 13.9 Å². The molecule has 1 atom stereocenters. The molecule has 0 aliphatic heterocycles. The number of carbonyl (C=O) groups excluding carboxylic acids is 2. The van der Waals surface area contributed by atoms with Gasteiger partial charge in [0.05, 0.1) is 11.9 Å². The summed E-state index contributed by atoms with van der Waals surface area (Å²) in [7, 11) is -3.89. The Morgan fingerprint density at radius 2 is 1.52 bits per heavy atom. The summed E-state index contributed by atoms with van der Waals surface area (Å²) in [5.74, 6) is -0.881. The highest BCUT2D eigenvalue weighted by Crippen LogP contribution is 2.29. The zero-order chi connectivity index (χ0) is 29.7. The van der Waals surface area contributed by atoms with Gasteiger partial charge in [0.1, 0.15) is 12.6 Å². The number of rotatable bonds is 10. The van der Waals surface area contributed by atoms with Crippen LogP contribution in [0.3, 0.4) is 0 Å². The number of hydrogen-bond acceptors (Lipinski definition) is 4. The Labute approximate surface area is 247 Å². The monoisotopic (exact) mass is 603 g/mol. The molecule has 0 bridgehead atoms. The zero-order valence-corrected chi connectivity index (χ0v) is 25.6. The van der Waals surface area contributed by atoms with E-state index >= 15 is 0 Å². The van der Waals surface area contributed by atoms with Crippen molar-refractivity contribution in [3.05, 3.63) is 99.5 Å². The van der Waals surface area contributed by atoms with E-state index in [2.05, 4.69) is 5.32 Å². The lowest BCUT2D eigenvalue weighted by molar-refractivity contribution is -0.140. The van der Waals surface area contributed by atoms with E-state index < -0.39 is 34.1 Å². The summed E-state index contributed by atoms with van der Waals surface area (Å²) in [6, 6.07) is 20.3. The summed E-state index contributed by atoms with van der Waals surface area (Å²) in [5.41, 5.74) is 1.87. The minimum Gasteiger partial charge on any atom is -0.350 e. The second kappa shape index (κ2) is 13.1. The lowest BCUT2D eigenvalue weighted by atomic mass is 10.0. The molecule has 3 aromatic carbocycles. The maximum absolute atomic E-state index is 14.1. The van der Waals surface area contributed by atoms with Crippen molar-refractivity contribution < 1.29 is 18.0 Å². The second-order valence-corrected chi connectivity index (χ2v) is 13.5. The van der Waals surface area contributed by atoms with Gasteiger partial charge in [-0.05, 0) is 68.7 Å². The van der Waals surface area contributed by atoms with Gasteiger partial charge in [0.15, 0.2) is 0 Å². The lowest BCUT2D eigenvalue weighted by Gasteiger charge is -2.35. The van der Waals surface area contributed by atoms with Gasteiger partial charge < -0.3 is 10.2 Å². The van der Waals surface area contributed by atoms with Gasteiger partial charge in [0, 0.05) is 28.5 Å². The number of sulfonamides is 1. The molecule has 0 fully saturated rings. The molecule has 0 heterocycles. The predicted molar refractivity (Wildman–Crippen MR) is 162 cm³/mol. The number of nitrogens with one attached hydrogen (secondary N) is 1. The molecular formula is C30H35Cl2N3O4S. The van der Waals surface area contributed by atoms with Crippen LogP contribution in [0.1, 0.15) is 37.5 Å². The van der Waals surface area contributed by atoms with E-state index in [-0.39, 0.29) is 18.9 Å². The van der Waals surface area contributed by atoms with E-state index in [4.69, 9.17) is 23.2 Å². The molecule has 3 rings (SSSR count). The fraction of sp³-hybridized carbons (Fsp3) is 0.333. The first-order valence-electron chi connectivity index (χ1n) is 12.8. The third-order valence-electron chi connectivity index (χ3n) is 6.22. The zero-order valence-electron chi connectivity index (χ0n) is 23.3. The maximum atomic E-state index is 14.1. The Morgan fingerprint density at radius 3 is 2.10 bits per heavy atom. The van der Waals surface area contributed by atoms with Gasteiger partial charge in [0.25, 0.3) is 0 Å². The van der Waals surface area contributed by atoms with Crippen LogP contribution in [0, 0.1) is 6.92 Å². The third-order valence-corrected chi connectivity index (χ3v) is 8.01. The summed E-state index contributed by atoms with van der Waals surface area (Å²) in [6.07, 6.45) is 1.27. The standard InChI is InChI=1S/C30H35Cl2N3O4S/c1-21-25(32)12-9-13-26(21)35(40(5,38)39)20-28(36)34(19-23-14-16-24(31)17-15-23)27(29(37)33-30(2,3)4)18-22-10-7-6-8-11-22/h6-17,27H,18-20H2,1-5H3,(H,33,37)/t27-/m1/s1. The summed E-state index contributed by atoms with van der Waals surface area (Å²) >= 11 is 12.4. The van der Waals surface area contributed by atoms with Gasteiger partial charge in [-0.1, -0.05) is 71.7 Å². The first-order valence-corrected chi connectivity index (χ1v) is 15.4. The minimum atomic E-state index is -3.89. The molecule has 2 amide bonds. The topological polar surface area (TPSA) is 86.8 Å². The van der Waals surface area contributed by atoms with Crippen molar-refractivity contribution in [3.8, 4) is 0 Å². The Balaban J connectivity index is 2.09. The van der Waals surface area contributed by atoms with E-state index in [1.54, 1.807) is 49.4 Å². The first-order chi connectivity index (χ1) is 18.7. The Morgan fingerprint density at radius 1 is 0.900 bits per heavy atom. The predicted octanol–water partition coefficient (Wildman–Crippen LogP) is 5.62. The van der Waals surface area contributed by atoms with Crippen LogP contribution in [0.15, 0.2) is 72.8 Å². The molecule has 40 heavy (non-hydrogen) atoms. The van der Waals surface area contributed by atoms with Gasteiger partial charge in [-0.15, -0.1) is 0 Å². The summed E-state index contributed by atoms with van der Waals surface area (Å²) < 4.78 is 26.9. The van der Waals surface area contributed by atoms with Gasteiger partial charge in [0.2, 0.25) is 21.8 Å². The highest BCUT2D eigenvalue weighted by Gasteiger charge is 2.34. The number of anilines is 1. The van der Waals surface area contributed by atoms with Crippen LogP contribution in [-0.4, -0.2) is 49.5 Å². The number of hydrogen-bond donors (Lipinski definition) is 1. The smallest absolute Gasteiger partial charge is 0.244 e. The number of halogens is 2. The number of amides is 2. The van der Waals surface area contributed by atoms with Crippen LogP contribution in [0.4, 0.5) is 5.69 Å². The molecule has 7 nitrogen and oxygen atoms in total. The fourth-order valence-electron chi connectivity index (χ4n) is 4.25. The Kier molecular flexibility index (Phi) is 10.3. The molecule has 0 saturated carbocycles. The molecule has 0 aliphatic rings. The maximum Gasteiger partial charge on any atom is 0.244 e. The molecule has 0 aliphatic carbocycles. The largest absolute Gasteiger partial charge is 0.350 e. The molecular weight excluding hydrogens is 569 g/mol. The van der Waals surface area contributed by atoms with Crippen molar-refractivity contribution >= 4 is 50.7 Å². The average molecular weight is 605 g/mol. The van der Waals surface area contributed by atoms with Crippen molar-refractivity contribution in [2.45, 2.75) is 52.2 Å². The number of nitrogens with zero attached hydrogens (tertiary/aromatic N) is 2. The Hall–Kier alpha value is -3.07. The van der Waals surface area contributed by atoms with Crippen molar-refractivity contribution in [3.63, 3.8) is 0 Å². The van der Waals surface area contributed by atoms with E-state index in [1.807, 2.05) is 51.1 Å².